The van der Waals surface area contributed by atoms with E-state index >= 15 is 0 Å². The van der Waals surface area contributed by atoms with E-state index in [-0.39, 0.29) is 6.09 Å². The van der Waals surface area contributed by atoms with Crippen molar-refractivity contribution < 1.29 is 14.3 Å². The van der Waals surface area contributed by atoms with Crippen molar-refractivity contribution in [1.82, 2.24) is 10.2 Å². The number of methoxy groups -OCH3 is 1. The number of carbonyl (C=O) groups excluding carboxylic acids is 1. The Labute approximate surface area is 116 Å². The van der Waals surface area contributed by atoms with Crippen LogP contribution in [0.3, 0.4) is 0 Å². The van der Waals surface area contributed by atoms with Crippen LogP contribution in [0.5, 0.6) is 0 Å². The highest BCUT2D eigenvalue weighted by atomic mass is 16.6. The number of likely N-dealkylation sites (tertiary alicyclic amines) is 1. The average molecular weight is 272 g/mol. The normalized spacial score (nSPS) is 16.3. The number of nitrogens with one attached hydrogen (secondary N) is 1. The summed E-state index contributed by atoms with van der Waals surface area (Å²) >= 11 is 0. The molecule has 0 unspecified atom stereocenters. The molecule has 1 aliphatic heterocycles. The van der Waals surface area contributed by atoms with Crippen molar-refractivity contribution in [3.63, 3.8) is 0 Å². The zero-order valence-electron chi connectivity index (χ0n) is 12.7. The van der Waals surface area contributed by atoms with Gasteiger partial charge in [0.25, 0.3) is 0 Å². The van der Waals surface area contributed by atoms with Crippen LogP contribution in [0, 0.1) is 0 Å². The zero-order chi connectivity index (χ0) is 14.3. The second kappa shape index (κ2) is 7.70. The summed E-state index contributed by atoms with van der Waals surface area (Å²) in [5, 5.41) is 3.45. The van der Waals surface area contributed by atoms with Crippen LogP contribution in [0.25, 0.3) is 0 Å². The number of ether oxygens (including phenoxy) is 2. The maximum atomic E-state index is 11.7. The first kappa shape index (κ1) is 16.2. The van der Waals surface area contributed by atoms with E-state index in [1.165, 1.54) is 6.42 Å². The molecule has 1 fully saturated rings. The van der Waals surface area contributed by atoms with E-state index in [2.05, 4.69) is 5.32 Å². The lowest BCUT2D eigenvalue weighted by Gasteiger charge is -2.40. The van der Waals surface area contributed by atoms with Gasteiger partial charge in [-0.1, -0.05) is 0 Å². The number of hydrogen-bond acceptors (Lipinski definition) is 4. The monoisotopic (exact) mass is 272 g/mol. The Hall–Kier alpha value is -0.810. The predicted octanol–water partition coefficient (Wildman–Crippen LogP) is 2.01. The molecule has 0 aromatic carbocycles. The molecule has 0 spiro atoms. The molecule has 0 saturated carbocycles. The smallest absolute Gasteiger partial charge is 0.410 e. The number of carbonyl (C=O) groups is 1. The van der Waals surface area contributed by atoms with Gasteiger partial charge >= 0.3 is 6.09 Å². The Kier molecular flexibility index (Phi) is 6.58. The zero-order valence-corrected chi connectivity index (χ0v) is 12.7. The number of rotatable bonds is 7. The summed E-state index contributed by atoms with van der Waals surface area (Å²) < 4.78 is 10.3. The molecule has 0 atom stereocenters. The van der Waals surface area contributed by atoms with Gasteiger partial charge in [0.1, 0.15) is 5.60 Å². The van der Waals surface area contributed by atoms with Crippen molar-refractivity contribution in [2.45, 2.75) is 51.7 Å². The number of amides is 1. The molecule has 0 radical (unpaired) electrons. The minimum atomic E-state index is -0.406. The first-order valence-corrected chi connectivity index (χ1v) is 7.12. The van der Waals surface area contributed by atoms with Crippen LogP contribution < -0.4 is 5.32 Å². The molecular formula is C14H28N2O3. The van der Waals surface area contributed by atoms with Crippen molar-refractivity contribution in [1.29, 1.82) is 0 Å². The quantitative estimate of drug-likeness (QED) is 0.720. The molecule has 0 bridgehead atoms. The summed E-state index contributed by atoms with van der Waals surface area (Å²) in [5.41, 5.74) is -0.406. The van der Waals surface area contributed by atoms with Gasteiger partial charge in [0.15, 0.2) is 0 Å². The van der Waals surface area contributed by atoms with E-state index in [1.54, 1.807) is 12.0 Å². The molecule has 112 valence electrons. The van der Waals surface area contributed by atoms with E-state index in [0.717, 1.165) is 39.1 Å². The molecule has 1 heterocycles. The Bertz CT molecular complexity index is 270. The van der Waals surface area contributed by atoms with Crippen molar-refractivity contribution in [2.24, 2.45) is 0 Å². The fourth-order valence-corrected chi connectivity index (χ4v) is 1.94. The highest BCUT2D eigenvalue weighted by molar-refractivity contribution is 5.69. The number of unbranched alkanes of at least 4 members (excludes halogenated alkanes) is 2. The first-order valence-electron chi connectivity index (χ1n) is 7.12. The number of hydrogen-bond donors (Lipinski definition) is 1. The molecule has 19 heavy (non-hydrogen) atoms. The van der Waals surface area contributed by atoms with Crippen molar-refractivity contribution >= 4 is 6.09 Å². The standard InChI is InChI=1S/C14H28N2O3/c1-14(2,3)19-13(17)16-10-12(11-16)15-8-6-5-7-9-18-4/h12,15H,5-11H2,1-4H3. The molecule has 1 aliphatic rings. The molecule has 0 aromatic rings. The fraction of sp³-hybridized carbons (Fsp3) is 0.929. The van der Waals surface area contributed by atoms with E-state index in [4.69, 9.17) is 9.47 Å². The minimum absolute atomic E-state index is 0.203. The van der Waals surface area contributed by atoms with Crippen molar-refractivity contribution in [2.75, 3.05) is 33.4 Å². The fourth-order valence-electron chi connectivity index (χ4n) is 1.94. The third-order valence-corrected chi connectivity index (χ3v) is 2.99. The predicted molar refractivity (Wildman–Crippen MR) is 75.3 cm³/mol. The van der Waals surface area contributed by atoms with Crippen LogP contribution in [-0.4, -0.2) is 56.0 Å². The van der Waals surface area contributed by atoms with Gasteiger partial charge in [-0.05, 0) is 46.6 Å². The maximum absolute atomic E-state index is 11.7. The molecule has 5 nitrogen and oxygen atoms in total. The molecule has 1 rings (SSSR count). The van der Waals surface area contributed by atoms with Gasteiger partial charge in [-0.15, -0.1) is 0 Å². The lowest BCUT2D eigenvalue weighted by Crippen LogP contribution is -2.60. The van der Waals surface area contributed by atoms with Crippen LogP contribution in [0.15, 0.2) is 0 Å². The summed E-state index contributed by atoms with van der Waals surface area (Å²) in [4.78, 5) is 13.4. The van der Waals surface area contributed by atoms with E-state index in [9.17, 15) is 4.79 Å². The van der Waals surface area contributed by atoms with Crippen LogP contribution in [-0.2, 0) is 9.47 Å². The van der Waals surface area contributed by atoms with E-state index in [0.29, 0.717) is 6.04 Å². The van der Waals surface area contributed by atoms with E-state index in [1.807, 2.05) is 20.8 Å². The highest BCUT2D eigenvalue weighted by Gasteiger charge is 2.32. The Balaban J connectivity index is 1.99. The van der Waals surface area contributed by atoms with Gasteiger partial charge in [0, 0.05) is 32.8 Å². The largest absolute Gasteiger partial charge is 0.444 e. The highest BCUT2D eigenvalue weighted by Crippen LogP contribution is 2.15. The molecular weight excluding hydrogens is 244 g/mol. The second-order valence-corrected chi connectivity index (χ2v) is 6.09. The van der Waals surface area contributed by atoms with Gasteiger partial charge in [0.05, 0.1) is 0 Å². The van der Waals surface area contributed by atoms with Gasteiger partial charge in [-0.3, -0.25) is 0 Å². The van der Waals surface area contributed by atoms with Gasteiger partial charge in [0.2, 0.25) is 0 Å². The average Bonchev–Trinajstić information content (AvgIpc) is 2.22. The minimum Gasteiger partial charge on any atom is -0.444 e. The Morgan fingerprint density at radius 1 is 1.26 bits per heavy atom. The molecule has 1 N–H and O–H groups in total. The molecule has 0 aromatic heterocycles. The van der Waals surface area contributed by atoms with Crippen LogP contribution in [0.1, 0.15) is 40.0 Å². The maximum Gasteiger partial charge on any atom is 0.410 e. The molecule has 1 amide bonds. The van der Waals surface area contributed by atoms with Gasteiger partial charge in [-0.25, -0.2) is 4.79 Å². The topological polar surface area (TPSA) is 50.8 Å². The molecule has 5 heteroatoms. The Morgan fingerprint density at radius 2 is 1.95 bits per heavy atom. The molecule has 1 saturated heterocycles. The van der Waals surface area contributed by atoms with Crippen LogP contribution in [0.2, 0.25) is 0 Å². The number of nitrogens with zero attached hydrogens (tertiary/aromatic N) is 1. The summed E-state index contributed by atoms with van der Waals surface area (Å²) in [6.45, 7) is 9.04. The van der Waals surface area contributed by atoms with Crippen molar-refractivity contribution in [3.05, 3.63) is 0 Å². The van der Waals surface area contributed by atoms with Crippen LogP contribution in [0.4, 0.5) is 4.79 Å². The van der Waals surface area contributed by atoms with Gasteiger partial charge in [-0.2, -0.15) is 0 Å². The SMILES string of the molecule is COCCCCCNC1CN(C(=O)OC(C)(C)C)C1. The summed E-state index contributed by atoms with van der Waals surface area (Å²) in [6, 6.07) is 0.426. The lowest BCUT2D eigenvalue weighted by molar-refractivity contribution is 0.00534. The summed E-state index contributed by atoms with van der Waals surface area (Å²) in [6.07, 6.45) is 3.26. The first-order chi connectivity index (χ1) is 8.92. The van der Waals surface area contributed by atoms with Crippen LogP contribution >= 0.6 is 0 Å². The summed E-state index contributed by atoms with van der Waals surface area (Å²) in [5.74, 6) is 0. The summed E-state index contributed by atoms with van der Waals surface area (Å²) in [7, 11) is 1.73. The van der Waals surface area contributed by atoms with Gasteiger partial charge < -0.3 is 19.7 Å². The van der Waals surface area contributed by atoms with Crippen molar-refractivity contribution in [3.8, 4) is 0 Å². The second-order valence-electron chi connectivity index (χ2n) is 6.09. The third kappa shape index (κ3) is 6.78. The third-order valence-electron chi connectivity index (χ3n) is 2.99. The van der Waals surface area contributed by atoms with E-state index < -0.39 is 5.60 Å². The molecule has 0 aliphatic carbocycles. The lowest BCUT2D eigenvalue weighted by atomic mass is 10.1. The Morgan fingerprint density at radius 3 is 2.53 bits per heavy atom.